The van der Waals surface area contributed by atoms with Crippen molar-refractivity contribution < 1.29 is 9.31 Å². The first-order chi connectivity index (χ1) is 9.32. The van der Waals surface area contributed by atoms with Crippen LogP contribution in [0.1, 0.15) is 33.3 Å². The Morgan fingerprint density at radius 1 is 1.10 bits per heavy atom. The number of hydrogen-bond acceptors (Lipinski definition) is 3. The Bertz CT molecular complexity index is 696. The highest BCUT2D eigenvalue weighted by molar-refractivity contribution is 6.61. The van der Waals surface area contributed by atoms with Crippen LogP contribution in [-0.2, 0) is 9.31 Å². The molecule has 1 saturated heterocycles. The first-order valence-corrected chi connectivity index (χ1v) is 6.71. The zero-order valence-corrected chi connectivity index (χ0v) is 12.2. The van der Waals surface area contributed by atoms with E-state index in [4.69, 9.17) is 14.6 Å². The molecular weight excluding hydrogens is 251 g/mol. The van der Waals surface area contributed by atoms with Crippen LogP contribution in [0.15, 0.2) is 24.3 Å². The van der Waals surface area contributed by atoms with Crippen molar-refractivity contribution in [2.24, 2.45) is 0 Å². The lowest BCUT2D eigenvalue weighted by atomic mass is 9.85. The molecule has 1 aliphatic rings. The lowest BCUT2D eigenvalue weighted by Gasteiger charge is -2.32. The van der Waals surface area contributed by atoms with Gasteiger partial charge in [-0.15, -0.1) is 0 Å². The summed E-state index contributed by atoms with van der Waals surface area (Å²) in [5.41, 5.74) is 1.80. The second kappa shape index (κ2) is 4.11. The maximum Gasteiger partial charge on any atom is 0.512 e. The molecule has 0 atom stereocenters. The smallest absolute Gasteiger partial charge is 0.398 e. The van der Waals surface area contributed by atoms with Crippen LogP contribution in [0.25, 0.3) is 10.9 Å². The summed E-state index contributed by atoms with van der Waals surface area (Å²) in [6.45, 7) is 8.12. The van der Waals surface area contributed by atoms with Gasteiger partial charge in [-0.2, -0.15) is 5.26 Å². The molecule has 20 heavy (non-hydrogen) atoms. The van der Waals surface area contributed by atoms with Gasteiger partial charge in [0, 0.05) is 16.5 Å². The van der Waals surface area contributed by atoms with Crippen molar-refractivity contribution >= 4 is 23.6 Å². The first-order valence-electron chi connectivity index (χ1n) is 6.71. The third-order valence-electron chi connectivity index (χ3n) is 4.28. The Balaban J connectivity index is 1.98. The van der Waals surface area contributed by atoms with E-state index in [-0.39, 0.29) is 11.2 Å². The van der Waals surface area contributed by atoms with Gasteiger partial charge in [0.2, 0.25) is 0 Å². The van der Waals surface area contributed by atoms with Gasteiger partial charge in [0.05, 0.1) is 22.8 Å². The number of rotatable bonds is 1. The number of nitriles is 1. The largest absolute Gasteiger partial charge is 0.512 e. The summed E-state index contributed by atoms with van der Waals surface area (Å²) in [5, 5.41) is 9.94. The number of aromatic nitrogens is 1. The van der Waals surface area contributed by atoms with Gasteiger partial charge >= 0.3 is 7.12 Å². The Morgan fingerprint density at radius 2 is 1.75 bits per heavy atom. The van der Waals surface area contributed by atoms with Gasteiger partial charge < -0.3 is 14.3 Å². The van der Waals surface area contributed by atoms with Crippen molar-refractivity contribution in [3.8, 4) is 6.07 Å². The monoisotopic (exact) mass is 268 g/mol. The molecule has 1 N–H and O–H groups in total. The molecule has 1 aromatic heterocycles. The molecular formula is C15H17BN2O2. The normalized spacial score (nSPS) is 20.2. The number of H-pyrrole nitrogens is 1. The number of hydrogen-bond donors (Lipinski definition) is 1. The van der Waals surface area contributed by atoms with E-state index in [1.165, 1.54) is 0 Å². The van der Waals surface area contributed by atoms with Gasteiger partial charge in [-0.05, 0) is 52.0 Å². The van der Waals surface area contributed by atoms with Gasteiger partial charge in [-0.3, -0.25) is 0 Å². The fourth-order valence-corrected chi connectivity index (χ4v) is 2.32. The third kappa shape index (κ3) is 1.93. The second-order valence-corrected chi connectivity index (χ2v) is 6.23. The highest BCUT2D eigenvalue weighted by Crippen LogP contribution is 2.36. The quantitative estimate of drug-likeness (QED) is 0.807. The summed E-state index contributed by atoms with van der Waals surface area (Å²) in [6.07, 6.45) is 0. The highest BCUT2D eigenvalue weighted by Gasteiger charge is 2.52. The van der Waals surface area contributed by atoms with Crippen LogP contribution in [0.3, 0.4) is 0 Å². The van der Waals surface area contributed by atoms with E-state index < -0.39 is 7.12 Å². The van der Waals surface area contributed by atoms with E-state index in [0.29, 0.717) is 5.56 Å². The summed E-state index contributed by atoms with van der Waals surface area (Å²) in [7, 11) is -0.405. The minimum Gasteiger partial charge on any atom is -0.398 e. The van der Waals surface area contributed by atoms with Gasteiger partial charge in [-0.25, -0.2) is 0 Å². The van der Waals surface area contributed by atoms with Crippen molar-refractivity contribution in [1.29, 1.82) is 5.26 Å². The summed E-state index contributed by atoms with van der Waals surface area (Å²) >= 11 is 0. The zero-order valence-electron chi connectivity index (χ0n) is 12.2. The van der Waals surface area contributed by atoms with E-state index in [1.54, 1.807) is 6.07 Å². The van der Waals surface area contributed by atoms with Crippen LogP contribution >= 0.6 is 0 Å². The zero-order chi connectivity index (χ0) is 14.5. The topological polar surface area (TPSA) is 58.0 Å². The maximum atomic E-state index is 8.94. The van der Waals surface area contributed by atoms with Crippen LogP contribution in [0.5, 0.6) is 0 Å². The summed E-state index contributed by atoms with van der Waals surface area (Å²) in [6, 6.07) is 9.70. The van der Waals surface area contributed by atoms with Crippen molar-refractivity contribution in [3.05, 3.63) is 29.8 Å². The number of nitrogens with zero attached hydrogens (tertiary/aromatic N) is 1. The molecule has 2 heterocycles. The number of nitrogens with one attached hydrogen (secondary N) is 1. The van der Waals surface area contributed by atoms with E-state index >= 15 is 0 Å². The van der Waals surface area contributed by atoms with E-state index in [0.717, 1.165) is 16.5 Å². The van der Waals surface area contributed by atoms with E-state index in [2.05, 4.69) is 11.1 Å². The van der Waals surface area contributed by atoms with E-state index in [1.807, 2.05) is 45.9 Å². The predicted octanol–water partition coefficient (Wildman–Crippen LogP) is 2.34. The number of aromatic amines is 1. The fourth-order valence-electron chi connectivity index (χ4n) is 2.32. The predicted molar refractivity (Wildman–Crippen MR) is 78.7 cm³/mol. The molecule has 0 spiro atoms. The molecule has 4 nitrogen and oxygen atoms in total. The SMILES string of the molecule is CC1(C)OB(c2cc3cc(C#N)ccc3[nH]2)OC1(C)C. The molecule has 2 aromatic rings. The summed E-state index contributed by atoms with van der Waals surface area (Å²) < 4.78 is 12.0. The summed E-state index contributed by atoms with van der Waals surface area (Å²) in [4.78, 5) is 3.30. The molecule has 0 radical (unpaired) electrons. The first kappa shape index (κ1) is 13.2. The molecule has 0 saturated carbocycles. The molecule has 1 fully saturated rings. The average molecular weight is 268 g/mol. The molecule has 0 amide bonds. The standard InChI is InChI=1S/C15H17BN2O2/c1-14(2)15(3,4)20-16(19-14)13-8-11-7-10(9-17)5-6-12(11)18-13/h5-8,18H,1-4H3. The van der Waals surface area contributed by atoms with Gasteiger partial charge in [0.15, 0.2) is 0 Å². The van der Waals surface area contributed by atoms with Gasteiger partial charge in [-0.1, -0.05) is 0 Å². The lowest BCUT2D eigenvalue weighted by Crippen LogP contribution is -2.41. The molecule has 5 heteroatoms. The number of fused-ring (bicyclic) bond motifs is 1. The highest BCUT2D eigenvalue weighted by atomic mass is 16.7. The van der Waals surface area contributed by atoms with Crippen molar-refractivity contribution in [2.45, 2.75) is 38.9 Å². The van der Waals surface area contributed by atoms with Gasteiger partial charge in [0.25, 0.3) is 0 Å². The van der Waals surface area contributed by atoms with Crippen LogP contribution in [-0.4, -0.2) is 23.3 Å². The molecule has 1 aromatic carbocycles. The van der Waals surface area contributed by atoms with Crippen LogP contribution in [0.2, 0.25) is 0 Å². The Labute approximate surface area is 118 Å². The Kier molecular flexibility index (Phi) is 2.72. The van der Waals surface area contributed by atoms with Crippen LogP contribution in [0.4, 0.5) is 0 Å². The van der Waals surface area contributed by atoms with Crippen LogP contribution < -0.4 is 5.59 Å². The minimum atomic E-state index is -0.405. The van der Waals surface area contributed by atoms with E-state index in [9.17, 15) is 0 Å². The maximum absolute atomic E-state index is 8.94. The van der Waals surface area contributed by atoms with Crippen molar-refractivity contribution in [1.82, 2.24) is 4.98 Å². The Morgan fingerprint density at radius 3 is 2.35 bits per heavy atom. The average Bonchev–Trinajstić information content (AvgIpc) is 2.87. The van der Waals surface area contributed by atoms with Crippen molar-refractivity contribution in [3.63, 3.8) is 0 Å². The van der Waals surface area contributed by atoms with Crippen molar-refractivity contribution in [2.75, 3.05) is 0 Å². The van der Waals surface area contributed by atoms with Gasteiger partial charge in [0.1, 0.15) is 0 Å². The molecule has 0 bridgehead atoms. The molecule has 1 aliphatic heterocycles. The third-order valence-corrected chi connectivity index (χ3v) is 4.28. The minimum absolute atomic E-state index is 0.354. The Hall–Kier alpha value is -1.77. The second-order valence-electron chi connectivity index (χ2n) is 6.23. The molecule has 102 valence electrons. The molecule has 0 aliphatic carbocycles. The number of benzene rings is 1. The summed E-state index contributed by atoms with van der Waals surface area (Å²) in [5.74, 6) is 0. The fraction of sp³-hybridized carbons (Fsp3) is 0.400. The van der Waals surface area contributed by atoms with Crippen LogP contribution in [0, 0.1) is 11.3 Å². The molecule has 0 unspecified atom stereocenters. The lowest BCUT2D eigenvalue weighted by molar-refractivity contribution is 0.00578. The molecule has 3 rings (SSSR count).